The molecule has 0 aliphatic rings. The lowest BCUT2D eigenvalue weighted by Gasteiger charge is -2.10. The number of aromatic carboxylic acids is 1. The molecule has 1 amide bonds. The normalized spacial score (nSPS) is 10.1. The number of hydroxylamine groups is 2. The predicted molar refractivity (Wildman–Crippen MR) is 55.8 cm³/mol. The van der Waals surface area contributed by atoms with Crippen LogP contribution in [0.2, 0.25) is 0 Å². The summed E-state index contributed by atoms with van der Waals surface area (Å²) in [6.45, 7) is 0.191. The molecule has 7 nitrogen and oxygen atoms in total. The third kappa shape index (κ3) is 2.99. The highest BCUT2D eigenvalue weighted by molar-refractivity contribution is 6.02. The van der Waals surface area contributed by atoms with Gasteiger partial charge in [0.15, 0.2) is 0 Å². The van der Waals surface area contributed by atoms with Gasteiger partial charge in [0.05, 0.1) is 12.2 Å². The van der Waals surface area contributed by atoms with Gasteiger partial charge in [0, 0.05) is 20.4 Å². The van der Waals surface area contributed by atoms with Crippen molar-refractivity contribution in [3.05, 3.63) is 29.1 Å². The van der Waals surface area contributed by atoms with Crippen molar-refractivity contribution in [1.29, 1.82) is 0 Å². The van der Waals surface area contributed by atoms with Gasteiger partial charge in [0.2, 0.25) is 0 Å². The molecule has 0 unspecified atom stereocenters. The number of pyridine rings is 1. The fourth-order valence-electron chi connectivity index (χ4n) is 1.24. The fourth-order valence-corrected chi connectivity index (χ4v) is 1.24. The van der Waals surface area contributed by atoms with Gasteiger partial charge < -0.3 is 9.84 Å². The van der Waals surface area contributed by atoms with Gasteiger partial charge in [-0.1, -0.05) is 0 Å². The van der Waals surface area contributed by atoms with Crippen molar-refractivity contribution in [2.24, 2.45) is 0 Å². The molecule has 1 rings (SSSR count). The van der Waals surface area contributed by atoms with Crippen LogP contribution in [0, 0.1) is 0 Å². The van der Waals surface area contributed by atoms with Crippen molar-refractivity contribution in [3.63, 3.8) is 0 Å². The van der Waals surface area contributed by atoms with Gasteiger partial charge in [-0.2, -0.15) is 0 Å². The molecule has 2 N–H and O–H groups in total. The molecule has 0 atom stereocenters. The number of carboxylic acid groups (broad SMARTS) is 1. The minimum absolute atomic E-state index is 0.191. The zero-order valence-corrected chi connectivity index (χ0v) is 9.38. The molecule has 7 heteroatoms. The molecule has 1 aromatic rings. The van der Waals surface area contributed by atoms with Gasteiger partial charge in [-0.05, 0) is 11.6 Å². The van der Waals surface area contributed by atoms with Gasteiger partial charge in [0.25, 0.3) is 5.91 Å². The van der Waals surface area contributed by atoms with Crippen LogP contribution in [-0.4, -0.2) is 46.4 Å². The number of carbonyl (C=O) groups is 2. The number of ether oxygens (including phenoxy) is 1. The highest BCUT2D eigenvalue weighted by Gasteiger charge is 2.21. The molecular weight excluding hydrogens is 228 g/mol. The lowest BCUT2D eigenvalue weighted by Crippen LogP contribution is -2.26. The summed E-state index contributed by atoms with van der Waals surface area (Å²) < 4.78 is 4.83. The van der Waals surface area contributed by atoms with E-state index >= 15 is 0 Å². The van der Waals surface area contributed by atoms with Crippen LogP contribution in [0.25, 0.3) is 0 Å². The van der Waals surface area contributed by atoms with Crippen LogP contribution in [0.15, 0.2) is 12.3 Å². The fraction of sp³-hybridized carbons (Fsp3) is 0.300. The van der Waals surface area contributed by atoms with E-state index in [0.29, 0.717) is 5.56 Å². The Balaban J connectivity index is 3.22. The molecule has 17 heavy (non-hydrogen) atoms. The van der Waals surface area contributed by atoms with Crippen LogP contribution in [0.5, 0.6) is 0 Å². The molecule has 0 radical (unpaired) electrons. The smallest absolute Gasteiger partial charge is 0.338 e. The molecule has 0 spiro atoms. The number of carbonyl (C=O) groups excluding carboxylic acids is 1. The molecule has 92 valence electrons. The first kappa shape index (κ1) is 13.1. The molecule has 0 bridgehead atoms. The van der Waals surface area contributed by atoms with E-state index < -0.39 is 11.9 Å². The summed E-state index contributed by atoms with van der Waals surface area (Å²) >= 11 is 0. The highest BCUT2D eigenvalue weighted by Crippen LogP contribution is 2.11. The molecule has 0 aliphatic carbocycles. The minimum Gasteiger partial charge on any atom is -0.478 e. The van der Waals surface area contributed by atoms with E-state index in [1.807, 2.05) is 0 Å². The molecular formula is C10H12N2O5. The average molecular weight is 240 g/mol. The van der Waals surface area contributed by atoms with Crippen molar-refractivity contribution in [3.8, 4) is 0 Å². The summed E-state index contributed by atoms with van der Waals surface area (Å²) in [4.78, 5) is 26.2. The van der Waals surface area contributed by atoms with Crippen LogP contribution in [-0.2, 0) is 11.3 Å². The highest BCUT2D eigenvalue weighted by atomic mass is 16.5. The zero-order chi connectivity index (χ0) is 13.0. The van der Waals surface area contributed by atoms with Crippen molar-refractivity contribution in [2.45, 2.75) is 6.61 Å². The number of hydrogen-bond donors (Lipinski definition) is 2. The van der Waals surface area contributed by atoms with Crippen molar-refractivity contribution < 1.29 is 24.6 Å². The number of nitrogens with zero attached hydrogens (tertiary/aromatic N) is 2. The largest absolute Gasteiger partial charge is 0.478 e. The molecule has 0 aliphatic heterocycles. The number of hydrogen-bond acceptors (Lipinski definition) is 5. The van der Waals surface area contributed by atoms with Crippen LogP contribution < -0.4 is 0 Å². The minimum atomic E-state index is -1.29. The van der Waals surface area contributed by atoms with Crippen LogP contribution >= 0.6 is 0 Å². The van der Waals surface area contributed by atoms with E-state index in [0.717, 1.165) is 7.05 Å². The second kappa shape index (κ2) is 5.37. The SMILES string of the molecule is COCc1cnc(C(=O)N(C)O)c(C(=O)O)c1. The molecule has 0 saturated carbocycles. The molecule has 0 aromatic carbocycles. The molecule has 1 heterocycles. The second-order valence-electron chi connectivity index (χ2n) is 3.31. The Hall–Kier alpha value is -1.99. The van der Waals surface area contributed by atoms with E-state index in [-0.39, 0.29) is 22.9 Å². The number of amides is 1. The molecule has 0 fully saturated rings. The Morgan fingerprint density at radius 3 is 2.65 bits per heavy atom. The second-order valence-corrected chi connectivity index (χ2v) is 3.31. The Morgan fingerprint density at radius 1 is 1.53 bits per heavy atom. The Labute approximate surface area is 97.2 Å². The van der Waals surface area contributed by atoms with Crippen LogP contribution in [0.3, 0.4) is 0 Å². The van der Waals surface area contributed by atoms with Gasteiger partial charge in [-0.15, -0.1) is 0 Å². The first-order valence-corrected chi connectivity index (χ1v) is 4.65. The quantitative estimate of drug-likeness (QED) is 0.583. The van der Waals surface area contributed by atoms with E-state index in [4.69, 9.17) is 15.1 Å². The van der Waals surface area contributed by atoms with Crippen molar-refractivity contribution in [1.82, 2.24) is 10.0 Å². The first-order valence-electron chi connectivity index (χ1n) is 4.65. The first-order chi connectivity index (χ1) is 7.97. The van der Waals surface area contributed by atoms with E-state index in [1.165, 1.54) is 19.4 Å². The summed E-state index contributed by atoms with van der Waals surface area (Å²) in [5.74, 6) is -2.17. The monoisotopic (exact) mass is 240 g/mol. The number of carboxylic acids is 1. The van der Waals surface area contributed by atoms with Gasteiger partial charge in [-0.3, -0.25) is 10.0 Å². The van der Waals surface area contributed by atoms with E-state index in [9.17, 15) is 9.59 Å². The number of aromatic nitrogens is 1. The maximum Gasteiger partial charge on any atom is 0.338 e. The van der Waals surface area contributed by atoms with Gasteiger partial charge in [-0.25, -0.2) is 14.8 Å². The lowest BCUT2D eigenvalue weighted by atomic mass is 10.1. The summed E-state index contributed by atoms with van der Waals surface area (Å²) in [5.41, 5.74) is -0.0603. The van der Waals surface area contributed by atoms with Gasteiger partial charge in [0.1, 0.15) is 5.69 Å². The van der Waals surface area contributed by atoms with Crippen LogP contribution in [0.4, 0.5) is 0 Å². The Kier molecular flexibility index (Phi) is 4.13. The molecule has 0 saturated heterocycles. The van der Waals surface area contributed by atoms with Crippen LogP contribution in [0.1, 0.15) is 26.4 Å². The third-order valence-electron chi connectivity index (χ3n) is 1.98. The third-order valence-corrected chi connectivity index (χ3v) is 1.98. The Morgan fingerprint density at radius 2 is 2.18 bits per heavy atom. The topological polar surface area (TPSA) is 100.0 Å². The lowest BCUT2D eigenvalue weighted by molar-refractivity contribution is -0.0380. The van der Waals surface area contributed by atoms with E-state index in [2.05, 4.69) is 4.98 Å². The Bertz CT molecular complexity index is 444. The summed E-state index contributed by atoms with van der Waals surface area (Å²) in [6.07, 6.45) is 1.33. The zero-order valence-electron chi connectivity index (χ0n) is 9.38. The summed E-state index contributed by atoms with van der Waals surface area (Å²) in [6, 6.07) is 1.29. The average Bonchev–Trinajstić information content (AvgIpc) is 2.28. The van der Waals surface area contributed by atoms with Crippen molar-refractivity contribution >= 4 is 11.9 Å². The number of methoxy groups -OCH3 is 1. The maximum atomic E-state index is 11.5. The van der Waals surface area contributed by atoms with Crippen molar-refractivity contribution in [2.75, 3.05) is 14.2 Å². The summed E-state index contributed by atoms with van der Waals surface area (Å²) in [5, 5.41) is 18.2. The molecule has 1 aromatic heterocycles. The predicted octanol–water partition coefficient (Wildman–Crippen LogP) is 0.387. The standard InChI is InChI=1S/C10H12N2O5/c1-12(16)9(13)8-7(10(14)15)3-6(4-11-8)5-17-2/h3-4,16H,5H2,1-2H3,(H,14,15). The summed E-state index contributed by atoms with van der Waals surface area (Å²) in [7, 11) is 2.56. The number of rotatable bonds is 4. The maximum absolute atomic E-state index is 11.5. The van der Waals surface area contributed by atoms with Gasteiger partial charge >= 0.3 is 5.97 Å². The van der Waals surface area contributed by atoms with E-state index in [1.54, 1.807) is 0 Å².